The molecule has 0 fully saturated rings. The molecule has 1 amide bonds. The smallest absolute Gasteiger partial charge is 0.253 e. The van der Waals surface area contributed by atoms with Crippen molar-refractivity contribution in [3.63, 3.8) is 0 Å². The summed E-state index contributed by atoms with van der Waals surface area (Å²) in [5, 5.41) is 14.9. The number of carbonyl (C=O) groups is 1. The van der Waals surface area contributed by atoms with Gasteiger partial charge in [0.05, 0.1) is 11.3 Å². The number of aromatic nitrogens is 1. The number of methoxy groups -OCH3 is 1. The van der Waals surface area contributed by atoms with E-state index in [9.17, 15) is 4.79 Å². The van der Waals surface area contributed by atoms with E-state index in [4.69, 9.17) is 15.6 Å². The van der Waals surface area contributed by atoms with Crippen LogP contribution in [0.2, 0.25) is 0 Å². The number of aromatic amines is 1. The van der Waals surface area contributed by atoms with Crippen molar-refractivity contribution in [2.45, 2.75) is 26.1 Å². The molecule has 2 rings (SSSR count). The molecule has 0 saturated heterocycles. The second-order valence-electron chi connectivity index (χ2n) is 5.34. The van der Waals surface area contributed by atoms with E-state index in [1.165, 1.54) is 6.08 Å². The van der Waals surface area contributed by atoms with E-state index < -0.39 is 0 Å². The maximum Gasteiger partial charge on any atom is 0.253 e. The maximum atomic E-state index is 12.5. The number of carbonyl (C=O) groups excluding carboxylic acids is 1. The predicted molar refractivity (Wildman–Crippen MR) is 88.3 cm³/mol. The van der Waals surface area contributed by atoms with Gasteiger partial charge < -0.3 is 31.2 Å². The van der Waals surface area contributed by atoms with Crippen molar-refractivity contribution in [1.29, 1.82) is 0 Å². The number of fused-ring (bicyclic) bond motifs is 1. The van der Waals surface area contributed by atoms with Crippen LogP contribution < -0.4 is 16.4 Å². The monoisotopic (exact) mass is 318 g/mol. The lowest BCUT2D eigenvalue weighted by molar-refractivity contribution is 0.0808. The first-order chi connectivity index (χ1) is 10.9. The quantitative estimate of drug-likeness (QED) is 0.419. The van der Waals surface area contributed by atoms with Gasteiger partial charge in [-0.05, 0) is 25.5 Å². The van der Waals surface area contributed by atoms with Crippen molar-refractivity contribution in [3.8, 4) is 0 Å². The third-order valence-electron chi connectivity index (χ3n) is 3.53. The molecule has 7 nitrogen and oxygen atoms in total. The Labute approximate surface area is 134 Å². The summed E-state index contributed by atoms with van der Waals surface area (Å²) >= 11 is 0. The molecule has 0 aliphatic carbocycles. The van der Waals surface area contributed by atoms with Gasteiger partial charge in [-0.2, -0.15) is 0 Å². The molecule has 2 heterocycles. The lowest BCUT2D eigenvalue weighted by Crippen LogP contribution is -2.33. The highest BCUT2D eigenvalue weighted by Crippen LogP contribution is 2.31. The molecule has 7 heteroatoms. The van der Waals surface area contributed by atoms with E-state index in [-0.39, 0.29) is 24.1 Å². The molecule has 6 N–H and O–H groups in total. The average Bonchev–Trinajstić information content (AvgIpc) is 2.93. The lowest BCUT2D eigenvalue weighted by atomic mass is 10.0. The number of H-pyrrole nitrogens is 1. The minimum atomic E-state index is -0.372. The number of aliphatic hydroxyl groups excluding tert-OH is 1. The van der Waals surface area contributed by atoms with E-state index >= 15 is 0 Å². The first-order valence-electron chi connectivity index (χ1n) is 7.25. The van der Waals surface area contributed by atoms with Crippen molar-refractivity contribution < 1.29 is 14.6 Å². The summed E-state index contributed by atoms with van der Waals surface area (Å²) in [6.45, 7) is 3.78. The Balaban J connectivity index is 2.17. The number of nitrogens with two attached hydrogens (primary N) is 1. The maximum absolute atomic E-state index is 12.5. The Morgan fingerprint density at radius 2 is 2.30 bits per heavy atom. The first kappa shape index (κ1) is 16.7. The molecule has 23 heavy (non-hydrogen) atoms. The average molecular weight is 318 g/mol. The van der Waals surface area contributed by atoms with Gasteiger partial charge in [-0.1, -0.05) is 12.2 Å². The third kappa shape index (κ3) is 3.75. The molecule has 1 aliphatic heterocycles. The van der Waals surface area contributed by atoms with Gasteiger partial charge in [0.1, 0.15) is 0 Å². The summed E-state index contributed by atoms with van der Waals surface area (Å²) in [6, 6.07) is -0.224. The summed E-state index contributed by atoms with van der Waals surface area (Å²) < 4.78 is 5.39. The van der Waals surface area contributed by atoms with Crippen LogP contribution in [0.4, 0.5) is 0 Å². The number of hydrogen-bond donors (Lipinski definition) is 5. The molecule has 0 aromatic carbocycles. The van der Waals surface area contributed by atoms with Crippen LogP contribution in [-0.2, 0) is 4.74 Å². The van der Waals surface area contributed by atoms with E-state index in [0.717, 1.165) is 16.8 Å². The Hall–Kier alpha value is -2.67. The predicted octanol–water partition coefficient (Wildman–Crippen LogP) is 1.66. The Bertz CT molecular complexity index is 669. The second kappa shape index (κ2) is 7.06. The fraction of sp³-hybridized carbons (Fsp3) is 0.312. The van der Waals surface area contributed by atoms with E-state index in [1.54, 1.807) is 25.5 Å². The number of hydrogen-bond acceptors (Lipinski definition) is 5. The van der Waals surface area contributed by atoms with Crippen molar-refractivity contribution in [2.24, 2.45) is 5.73 Å². The highest BCUT2D eigenvalue weighted by molar-refractivity contribution is 5.97. The number of rotatable bonds is 5. The van der Waals surface area contributed by atoms with Gasteiger partial charge in [-0.15, -0.1) is 0 Å². The zero-order chi connectivity index (χ0) is 17.0. The molecular formula is C16H22N4O3. The van der Waals surface area contributed by atoms with Crippen LogP contribution in [0.15, 0.2) is 36.5 Å². The number of aliphatic hydroxyl groups is 1. The number of amides is 1. The fourth-order valence-electron chi connectivity index (χ4n) is 2.42. The molecule has 124 valence electrons. The van der Waals surface area contributed by atoms with Gasteiger partial charge in [-0.25, -0.2) is 0 Å². The fourth-order valence-corrected chi connectivity index (χ4v) is 2.42. The van der Waals surface area contributed by atoms with Gasteiger partial charge in [0.15, 0.2) is 12.1 Å². The van der Waals surface area contributed by atoms with Gasteiger partial charge in [0, 0.05) is 31.1 Å². The minimum absolute atomic E-state index is 0.209. The Kier molecular flexibility index (Phi) is 5.13. The molecule has 1 aromatic heterocycles. The summed E-state index contributed by atoms with van der Waals surface area (Å²) in [5.41, 5.74) is 8.34. The normalized spacial score (nSPS) is 19.0. The van der Waals surface area contributed by atoms with Crippen LogP contribution in [0.1, 0.15) is 41.7 Å². The summed E-state index contributed by atoms with van der Waals surface area (Å²) in [5.74, 6) is -0.491. The van der Waals surface area contributed by atoms with Gasteiger partial charge >= 0.3 is 0 Å². The molecule has 0 saturated carbocycles. The first-order valence-corrected chi connectivity index (χ1v) is 7.25. The lowest BCUT2D eigenvalue weighted by Gasteiger charge is -2.23. The summed E-state index contributed by atoms with van der Waals surface area (Å²) in [4.78, 5) is 15.6. The van der Waals surface area contributed by atoms with Crippen LogP contribution in [0.5, 0.6) is 0 Å². The molecule has 0 bridgehead atoms. The number of allylic oxidation sites excluding steroid dienone is 3. The van der Waals surface area contributed by atoms with E-state index in [2.05, 4.69) is 15.6 Å². The number of nitrogens with one attached hydrogen (secondary N) is 3. The zero-order valence-corrected chi connectivity index (χ0v) is 13.4. The van der Waals surface area contributed by atoms with E-state index in [1.807, 2.05) is 20.0 Å². The molecule has 0 spiro atoms. The van der Waals surface area contributed by atoms with Crippen LogP contribution in [0, 0.1) is 0 Å². The topological polar surface area (TPSA) is 112 Å². The molecule has 2 unspecified atom stereocenters. The minimum Gasteiger partial charge on any atom is -0.495 e. The molecule has 2 atom stereocenters. The van der Waals surface area contributed by atoms with Crippen LogP contribution in [0.3, 0.4) is 0 Å². The molecular weight excluding hydrogens is 296 g/mol. The second-order valence-corrected chi connectivity index (χ2v) is 5.34. The molecule has 0 radical (unpaired) electrons. The van der Waals surface area contributed by atoms with Crippen molar-refractivity contribution in [1.82, 2.24) is 15.6 Å². The number of ether oxygens (including phenoxy) is 1. The van der Waals surface area contributed by atoms with Crippen LogP contribution in [0.25, 0.3) is 5.57 Å². The highest BCUT2D eigenvalue weighted by Gasteiger charge is 2.27. The highest BCUT2D eigenvalue weighted by atomic mass is 16.5. The largest absolute Gasteiger partial charge is 0.495 e. The summed E-state index contributed by atoms with van der Waals surface area (Å²) in [7, 11) is 1.58. The van der Waals surface area contributed by atoms with Crippen LogP contribution in [-0.4, -0.2) is 29.1 Å². The third-order valence-corrected chi connectivity index (χ3v) is 3.53. The summed E-state index contributed by atoms with van der Waals surface area (Å²) in [6.07, 6.45) is 7.81. The van der Waals surface area contributed by atoms with Gasteiger partial charge in [0.2, 0.25) is 0 Å². The van der Waals surface area contributed by atoms with Crippen molar-refractivity contribution in [2.75, 3.05) is 7.11 Å². The van der Waals surface area contributed by atoms with Gasteiger partial charge in [0.25, 0.3) is 5.91 Å². The Morgan fingerprint density at radius 3 is 2.96 bits per heavy atom. The Morgan fingerprint density at radius 1 is 1.57 bits per heavy atom. The zero-order valence-electron chi connectivity index (χ0n) is 13.4. The molecule has 1 aromatic rings. The van der Waals surface area contributed by atoms with E-state index in [0.29, 0.717) is 5.56 Å². The van der Waals surface area contributed by atoms with Gasteiger partial charge in [-0.3, -0.25) is 4.79 Å². The van der Waals surface area contributed by atoms with Crippen molar-refractivity contribution in [3.05, 3.63) is 53.3 Å². The van der Waals surface area contributed by atoms with Crippen molar-refractivity contribution >= 4 is 11.5 Å². The van der Waals surface area contributed by atoms with Crippen LogP contribution >= 0.6 is 0 Å². The molecule has 1 aliphatic rings. The SMILES string of the molecule is COC1NC=C(C)c2[nH]cc(C(=O)NC(C)/C=C\C=C(/N)O)c21. The standard InChI is InChI=1S/C16H22N4O3/c1-9-7-19-16(23-3)13-11(8-18-14(9)13)15(22)20-10(2)5-4-6-12(17)21/h4-8,10,16,18-19,21H,17H2,1-3H3,(H,20,22)/b5-4-,12-6+.